The van der Waals surface area contributed by atoms with Crippen LogP contribution in [-0.4, -0.2) is 38.2 Å². The summed E-state index contributed by atoms with van der Waals surface area (Å²) < 4.78 is 23.5. The summed E-state index contributed by atoms with van der Waals surface area (Å²) in [6, 6.07) is 108. The molecule has 10 heteroatoms. The minimum absolute atomic E-state index is 0.565. The van der Waals surface area contributed by atoms with Crippen molar-refractivity contribution < 1.29 is 8.83 Å². The largest absolute Gasteiger partial charge is 0.454 e. The fraction of sp³-hybridized carbons (Fsp3) is 0. The Morgan fingerprint density at radius 3 is 1.27 bits per heavy atom. The first kappa shape index (κ1) is 53.0. The Kier molecular flexibility index (Phi) is 10.8. The highest BCUT2D eigenvalue weighted by Crippen LogP contribution is 2.47. The summed E-state index contributed by atoms with van der Waals surface area (Å²) in [6.07, 6.45) is 0. The molecule has 22 rings (SSSR count). The molecule has 0 aliphatic heterocycles. The fourth-order valence-corrected chi connectivity index (χ4v) is 16.0. The summed E-state index contributed by atoms with van der Waals surface area (Å²) >= 11 is 0. The van der Waals surface area contributed by atoms with E-state index in [-0.39, 0.29) is 0 Å². The number of aromatic nitrogens is 8. The smallest absolute Gasteiger partial charge is 0.235 e. The van der Waals surface area contributed by atoms with E-state index in [9.17, 15) is 0 Å². The van der Waals surface area contributed by atoms with Gasteiger partial charge in [-0.3, -0.25) is 9.13 Å². The van der Waals surface area contributed by atoms with Gasteiger partial charge in [-0.05, 0) is 114 Å². The average Bonchev–Trinajstić information content (AvgIpc) is 1.55. The molecule has 0 saturated heterocycles. The molecule has 0 saturated carbocycles. The van der Waals surface area contributed by atoms with Crippen molar-refractivity contribution in [1.82, 2.24) is 38.2 Å². The van der Waals surface area contributed by atoms with E-state index in [4.69, 9.17) is 28.8 Å². The molecule has 0 radical (unpaired) electrons. The molecule has 8 aromatic heterocycles. The molecule has 8 heterocycles. The number of benzene rings is 14. The van der Waals surface area contributed by atoms with Gasteiger partial charge in [0, 0.05) is 97.9 Å². The predicted octanol–water partition coefficient (Wildman–Crippen LogP) is 22.8. The van der Waals surface area contributed by atoms with Gasteiger partial charge in [-0.1, -0.05) is 200 Å². The zero-order valence-electron chi connectivity index (χ0n) is 52.3. The van der Waals surface area contributed by atoms with E-state index in [0.717, 1.165) is 198 Å². The summed E-state index contributed by atoms with van der Waals surface area (Å²) in [6.45, 7) is 0. The van der Waals surface area contributed by atoms with Gasteiger partial charge in [-0.25, -0.2) is 19.9 Å². The molecule has 10 nitrogen and oxygen atoms in total. The summed E-state index contributed by atoms with van der Waals surface area (Å²) in [4.78, 5) is 21.7. The van der Waals surface area contributed by atoms with Crippen LogP contribution in [0.5, 0.6) is 0 Å². The van der Waals surface area contributed by atoms with E-state index >= 15 is 0 Å². The summed E-state index contributed by atoms with van der Waals surface area (Å²) in [5.41, 5.74) is 21.1. The van der Waals surface area contributed by atoms with Gasteiger partial charge in [0.25, 0.3) is 0 Å². The van der Waals surface area contributed by atoms with Gasteiger partial charge in [0.15, 0.2) is 11.2 Å². The number of rotatable bonds is 7. The molecule has 0 bridgehead atoms. The number of furan rings is 2. The highest BCUT2D eigenvalue weighted by atomic mass is 16.3. The van der Waals surface area contributed by atoms with Crippen LogP contribution in [0.2, 0.25) is 0 Å². The zero-order chi connectivity index (χ0) is 63.8. The van der Waals surface area contributed by atoms with E-state index in [0.29, 0.717) is 11.9 Å². The lowest BCUT2D eigenvalue weighted by molar-refractivity contribution is 0.670. The van der Waals surface area contributed by atoms with E-state index in [2.05, 4.69) is 285 Å². The van der Waals surface area contributed by atoms with E-state index in [1.165, 1.54) is 0 Å². The van der Waals surface area contributed by atoms with Crippen LogP contribution in [0.25, 0.3) is 210 Å². The van der Waals surface area contributed by atoms with Crippen molar-refractivity contribution in [3.8, 4) is 56.9 Å². The van der Waals surface area contributed by atoms with E-state index < -0.39 is 0 Å². The van der Waals surface area contributed by atoms with Gasteiger partial charge in [0.05, 0.1) is 61.0 Å². The molecular weight excluding hydrogens is 1200 g/mol. The summed E-state index contributed by atoms with van der Waals surface area (Å²) in [5, 5.41) is 15.1. The van der Waals surface area contributed by atoms with Crippen molar-refractivity contribution in [3.63, 3.8) is 0 Å². The standard InChI is InChI=1S/C88H50N8O2/c1-4-21-51(22-5-1)81-65-32-10-15-34-71(65)89-87(91-81)95-74-37-18-13-30-58(74)68-48-69-61-41-44-64-60-40-39-54(46-80(60)98-85(64)83(61)94(76(69)50-77(68)95)55-26-8-3-9-27-55)53-25-20-28-56(45-53)93-73-36-17-12-29-57(73)67-47-70-62-42-43-63-59-31-14-19-38-79(59)97-86(63)84(62)96(78(70)49-75(67)93)88-90-72-35-16-11-33-66(72)82(92-88)52-23-6-2-7-24-52/h1-50H. The first-order valence-corrected chi connectivity index (χ1v) is 33.1. The zero-order valence-corrected chi connectivity index (χ0v) is 52.3. The second-order valence-corrected chi connectivity index (χ2v) is 25.6. The number of para-hydroxylation sites is 6. The van der Waals surface area contributed by atoms with E-state index in [1.54, 1.807) is 0 Å². The average molecular weight is 1250 g/mol. The second kappa shape index (κ2) is 20.0. The van der Waals surface area contributed by atoms with Gasteiger partial charge >= 0.3 is 0 Å². The fourth-order valence-electron chi connectivity index (χ4n) is 16.0. The highest BCUT2D eigenvalue weighted by Gasteiger charge is 2.27. The maximum Gasteiger partial charge on any atom is 0.235 e. The molecular formula is C88H50N8O2. The lowest BCUT2D eigenvalue weighted by atomic mass is 10.0. The Balaban J connectivity index is 0.731. The van der Waals surface area contributed by atoms with Crippen LogP contribution < -0.4 is 0 Å². The second-order valence-electron chi connectivity index (χ2n) is 25.6. The van der Waals surface area contributed by atoms with Crippen LogP contribution in [0.4, 0.5) is 0 Å². The lowest BCUT2D eigenvalue weighted by Gasteiger charge is -2.13. The SMILES string of the molecule is c1ccc(-c2nc(-n3c4ccccc4c4cc5c6ccc7c8ccc(-c9cccc(-n%10c%11ccccc%11c%11cc%12c%13ccc%14c%15ccccc%15oc%14c%13n(-c%13nc(-c%14ccccc%14)c%14ccccc%14n%13)c%12cc%11%10)c9)cc8oc7c6n(-c6ccccc6)c5cc43)nc3ccccc23)cc1. The van der Waals surface area contributed by atoms with Crippen LogP contribution in [0.15, 0.2) is 312 Å². The van der Waals surface area contributed by atoms with Crippen LogP contribution in [0.3, 0.4) is 0 Å². The van der Waals surface area contributed by atoms with Crippen molar-refractivity contribution in [2.45, 2.75) is 0 Å². The summed E-state index contributed by atoms with van der Waals surface area (Å²) in [5.74, 6) is 1.18. The third kappa shape index (κ3) is 7.50. The quantitative estimate of drug-likeness (QED) is 0.158. The topological polar surface area (TPSA) is 97.6 Å². The van der Waals surface area contributed by atoms with Crippen molar-refractivity contribution in [3.05, 3.63) is 303 Å². The number of hydrogen-bond acceptors (Lipinski definition) is 6. The van der Waals surface area contributed by atoms with E-state index in [1.807, 2.05) is 36.4 Å². The molecule has 454 valence electrons. The molecule has 0 aliphatic carbocycles. The van der Waals surface area contributed by atoms with Crippen molar-refractivity contribution in [2.24, 2.45) is 0 Å². The van der Waals surface area contributed by atoms with Crippen molar-refractivity contribution in [1.29, 1.82) is 0 Å². The van der Waals surface area contributed by atoms with Gasteiger partial charge in [-0.15, -0.1) is 0 Å². The van der Waals surface area contributed by atoms with Gasteiger partial charge in [0.1, 0.15) is 16.7 Å². The molecule has 14 aromatic carbocycles. The monoisotopic (exact) mass is 1250 g/mol. The Bertz CT molecular complexity index is 7170. The third-order valence-electron chi connectivity index (χ3n) is 20.4. The molecule has 0 N–H and O–H groups in total. The maximum absolute atomic E-state index is 7.32. The van der Waals surface area contributed by atoms with Gasteiger partial charge in [-0.2, -0.15) is 0 Å². The Morgan fingerprint density at radius 2 is 0.633 bits per heavy atom. The molecule has 0 unspecified atom stereocenters. The Hall–Kier alpha value is -13.4. The number of hydrogen-bond donors (Lipinski definition) is 0. The van der Waals surface area contributed by atoms with Crippen LogP contribution >= 0.6 is 0 Å². The molecule has 0 spiro atoms. The highest BCUT2D eigenvalue weighted by molar-refractivity contribution is 6.27. The van der Waals surface area contributed by atoms with Gasteiger partial charge in [0.2, 0.25) is 11.9 Å². The minimum Gasteiger partial charge on any atom is -0.454 e. The normalized spacial score (nSPS) is 12.3. The van der Waals surface area contributed by atoms with Crippen LogP contribution in [0.1, 0.15) is 0 Å². The molecule has 98 heavy (non-hydrogen) atoms. The summed E-state index contributed by atoms with van der Waals surface area (Å²) in [7, 11) is 0. The molecule has 0 aliphatic rings. The molecule has 0 amide bonds. The molecule has 0 atom stereocenters. The molecule has 0 fully saturated rings. The lowest BCUT2D eigenvalue weighted by Crippen LogP contribution is -2.04. The maximum atomic E-state index is 7.32. The first-order valence-electron chi connectivity index (χ1n) is 33.1. The number of fused-ring (bicyclic) bond motifs is 22. The van der Waals surface area contributed by atoms with Crippen LogP contribution in [0, 0.1) is 0 Å². The minimum atomic E-state index is 0.565. The predicted molar refractivity (Wildman–Crippen MR) is 401 cm³/mol. The third-order valence-corrected chi connectivity index (χ3v) is 20.4. The first-order chi connectivity index (χ1) is 48.6. The van der Waals surface area contributed by atoms with Crippen LogP contribution in [-0.2, 0) is 0 Å². The number of nitrogens with zero attached hydrogens (tertiary/aromatic N) is 8. The Labute approximate surface area is 557 Å². The van der Waals surface area contributed by atoms with Crippen molar-refractivity contribution in [2.75, 3.05) is 0 Å². The van der Waals surface area contributed by atoms with Gasteiger partial charge < -0.3 is 18.0 Å². The van der Waals surface area contributed by atoms with Crippen molar-refractivity contribution >= 4 is 153 Å². The Morgan fingerprint density at radius 1 is 0.214 bits per heavy atom. The molecule has 22 aromatic rings.